The summed E-state index contributed by atoms with van der Waals surface area (Å²) in [6.07, 6.45) is 9.59. The van der Waals surface area contributed by atoms with Crippen LogP contribution < -0.4 is 5.32 Å². The lowest BCUT2D eigenvalue weighted by atomic mass is 10.0. The Balaban J connectivity index is 2.57. The summed E-state index contributed by atoms with van der Waals surface area (Å²) in [5, 5.41) is 7.85. The smallest absolute Gasteiger partial charge is 0.0696 e. The molecule has 0 saturated carbocycles. The molecule has 1 N–H and O–H groups in total. The number of halogens is 1. The molecule has 1 aromatic rings. The topological polar surface area (TPSA) is 39.1 Å². The summed E-state index contributed by atoms with van der Waals surface area (Å²) >= 11 is 3.62. The molecule has 116 valence electrons. The maximum absolute atomic E-state index is 5.15. The molecule has 0 bridgehead atoms. The minimum atomic E-state index is 0.352. The van der Waals surface area contributed by atoms with Gasteiger partial charge in [0.2, 0.25) is 0 Å². The summed E-state index contributed by atoms with van der Waals surface area (Å²) < 4.78 is 8.28. The van der Waals surface area contributed by atoms with Crippen LogP contribution in [0.5, 0.6) is 0 Å². The minimum absolute atomic E-state index is 0.352. The number of unbranched alkanes of at least 4 members (excludes halogenated alkanes) is 4. The standard InChI is InChI=1S/C15H28BrN3O/c1-4-5-6-7-8-9-14(17-2)15-13(16)12-18-19(15)10-11-20-3/h12,14,17H,4-11H2,1-3H3. The van der Waals surface area contributed by atoms with Crippen molar-refractivity contribution in [1.82, 2.24) is 15.1 Å². The third-order valence-corrected chi connectivity index (χ3v) is 4.23. The predicted octanol–water partition coefficient (Wildman–Crippen LogP) is 3.91. The fourth-order valence-electron chi connectivity index (χ4n) is 2.44. The average Bonchev–Trinajstić information content (AvgIpc) is 2.82. The summed E-state index contributed by atoms with van der Waals surface area (Å²) in [6, 6.07) is 0.352. The molecular formula is C15H28BrN3O. The number of nitrogens with one attached hydrogen (secondary N) is 1. The van der Waals surface area contributed by atoms with Gasteiger partial charge in [-0.05, 0) is 29.4 Å². The Hall–Kier alpha value is -0.390. The lowest BCUT2D eigenvalue weighted by molar-refractivity contribution is 0.181. The molecule has 0 saturated heterocycles. The Morgan fingerprint density at radius 3 is 2.75 bits per heavy atom. The highest BCUT2D eigenvalue weighted by Crippen LogP contribution is 2.27. The Labute approximate surface area is 131 Å². The van der Waals surface area contributed by atoms with E-state index in [9.17, 15) is 0 Å². The van der Waals surface area contributed by atoms with Gasteiger partial charge in [-0.25, -0.2) is 0 Å². The van der Waals surface area contributed by atoms with Gasteiger partial charge in [-0.2, -0.15) is 5.10 Å². The molecule has 1 atom stereocenters. The van der Waals surface area contributed by atoms with Gasteiger partial charge in [0.1, 0.15) is 0 Å². The Morgan fingerprint density at radius 1 is 1.35 bits per heavy atom. The van der Waals surface area contributed by atoms with Crippen molar-refractivity contribution in [3.05, 3.63) is 16.4 Å². The molecule has 20 heavy (non-hydrogen) atoms. The Bertz CT molecular complexity index is 368. The summed E-state index contributed by atoms with van der Waals surface area (Å²) in [5.74, 6) is 0. The Morgan fingerprint density at radius 2 is 2.10 bits per heavy atom. The van der Waals surface area contributed by atoms with Crippen molar-refractivity contribution in [3.63, 3.8) is 0 Å². The molecule has 0 aromatic carbocycles. The summed E-state index contributed by atoms with van der Waals surface area (Å²) in [5.41, 5.74) is 1.24. The fourth-order valence-corrected chi connectivity index (χ4v) is 3.02. The van der Waals surface area contributed by atoms with E-state index in [-0.39, 0.29) is 0 Å². The van der Waals surface area contributed by atoms with E-state index in [0.29, 0.717) is 12.6 Å². The van der Waals surface area contributed by atoms with Crippen LogP contribution in [0.25, 0.3) is 0 Å². The van der Waals surface area contributed by atoms with Crippen molar-refractivity contribution in [2.24, 2.45) is 0 Å². The minimum Gasteiger partial charge on any atom is -0.383 e. The van der Waals surface area contributed by atoms with Gasteiger partial charge in [0, 0.05) is 7.11 Å². The molecule has 5 heteroatoms. The normalized spacial score (nSPS) is 12.8. The third-order valence-electron chi connectivity index (χ3n) is 3.62. The van der Waals surface area contributed by atoms with Crippen LogP contribution in [0.1, 0.15) is 57.2 Å². The third kappa shape index (κ3) is 5.54. The van der Waals surface area contributed by atoms with Gasteiger partial charge < -0.3 is 10.1 Å². The van der Waals surface area contributed by atoms with Crippen molar-refractivity contribution in [2.45, 2.75) is 58.0 Å². The van der Waals surface area contributed by atoms with Crippen molar-refractivity contribution >= 4 is 15.9 Å². The van der Waals surface area contributed by atoms with Gasteiger partial charge in [-0.3, -0.25) is 4.68 Å². The predicted molar refractivity (Wildman–Crippen MR) is 87.0 cm³/mol. The number of methoxy groups -OCH3 is 1. The van der Waals surface area contributed by atoms with Crippen LogP contribution in [-0.4, -0.2) is 30.5 Å². The largest absolute Gasteiger partial charge is 0.383 e. The van der Waals surface area contributed by atoms with Crippen LogP contribution in [0.4, 0.5) is 0 Å². The Kier molecular flexibility index (Phi) is 9.14. The van der Waals surface area contributed by atoms with Gasteiger partial charge in [0.25, 0.3) is 0 Å². The van der Waals surface area contributed by atoms with Crippen molar-refractivity contribution in [2.75, 3.05) is 20.8 Å². The molecule has 0 radical (unpaired) electrons. The molecular weight excluding hydrogens is 318 g/mol. The maximum atomic E-state index is 5.15. The second-order valence-corrected chi connectivity index (χ2v) is 5.99. The van der Waals surface area contributed by atoms with Gasteiger partial charge in [0.05, 0.1) is 35.6 Å². The summed E-state index contributed by atoms with van der Waals surface area (Å²) in [6.45, 7) is 3.74. The van der Waals surface area contributed by atoms with E-state index in [1.807, 2.05) is 17.9 Å². The van der Waals surface area contributed by atoms with E-state index >= 15 is 0 Å². The SMILES string of the molecule is CCCCCCCC(NC)c1c(Br)cnn1CCOC. The van der Waals surface area contributed by atoms with Crippen LogP contribution in [0.15, 0.2) is 10.7 Å². The summed E-state index contributed by atoms with van der Waals surface area (Å²) in [4.78, 5) is 0. The number of rotatable bonds is 11. The zero-order valence-electron chi connectivity index (χ0n) is 13.0. The van der Waals surface area contributed by atoms with Crippen molar-refractivity contribution < 1.29 is 4.74 Å². The molecule has 1 heterocycles. The van der Waals surface area contributed by atoms with Gasteiger partial charge in [-0.1, -0.05) is 39.0 Å². The van der Waals surface area contributed by atoms with Gasteiger partial charge >= 0.3 is 0 Å². The monoisotopic (exact) mass is 345 g/mol. The fraction of sp³-hybridized carbons (Fsp3) is 0.800. The molecule has 0 spiro atoms. The highest BCUT2D eigenvalue weighted by molar-refractivity contribution is 9.10. The highest BCUT2D eigenvalue weighted by atomic mass is 79.9. The number of hydrogen-bond donors (Lipinski definition) is 1. The van der Waals surface area contributed by atoms with E-state index in [1.165, 1.54) is 37.8 Å². The summed E-state index contributed by atoms with van der Waals surface area (Å²) in [7, 11) is 3.75. The van der Waals surface area contributed by atoms with Crippen molar-refractivity contribution in [3.8, 4) is 0 Å². The van der Waals surface area contributed by atoms with Crippen LogP contribution in [0, 0.1) is 0 Å². The number of nitrogens with zero attached hydrogens (tertiary/aromatic N) is 2. The van der Waals surface area contributed by atoms with Crippen LogP contribution in [-0.2, 0) is 11.3 Å². The first-order valence-electron chi connectivity index (χ1n) is 7.62. The van der Waals surface area contributed by atoms with E-state index in [4.69, 9.17) is 4.74 Å². The van der Waals surface area contributed by atoms with Gasteiger partial charge in [-0.15, -0.1) is 0 Å². The first kappa shape index (κ1) is 17.7. The molecule has 0 aliphatic carbocycles. The molecule has 4 nitrogen and oxygen atoms in total. The number of ether oxygens (including phenoxy) is 1. The van der Waals surface area contributed by atoms with Gasteiger partial charge in [0.15, 0.2) is 0 Å². The van der Waals surface area contributed by atoms with Crippen molar-refractivity contribution in [1.29, 1.82) is 0 Å². The zero-order chi connectivity index (χ0) is 14.8. The first-order valence-corrected chi connectivity index (χ1v) is 8.41. The number of hydrogen-bond acceptors (Lipinski definition) is 3. The molecule has 0 fully saturated rings. The first-order chi connectivity index (χ1) is 9.74. The number of aromatic nitrogens is 2. The lowest BCUT2D eigenvalue weighted by Gasteiger charge is -2.19. The van der Waals surface area contributed by atoms with Crippen LogP contribution in [0.3, 0.4) is 0 Å². The lowest BCUT2D eigenvalue weighted by Crippen LogP contribution is -2.22. The molecule has 1 unspecified atom stereocenters. The van der Waals surface area contributed by atoms with E-state index < -0.39 is 0 Å². The second kappa shape index (κ2) is 10.4. The quantitative estimate of drug-likeness (QED) is 0.618. The molecule has 1 rings (SSSR count). The van der Waals surface area contributed by atoms with E-state index in [2.05, 4.69) is 33.3 Å². The molecule has 0 amide bonds. The molecule has 0 aliphatic heterocycles. The van der Waals surface area contributed by atoms with Crippen LogP contribution in [0.2, 0.25) is 0 Å². The second-order valence-electron chi connectivity index (χ2n) is 5.14. The van der Waals surface area contributed by atoms with E-state index in [1.54, 1.807) is 7.11 Å². The zero-order valence-corrected chi connectivity index (χ0v) is 14.6. The maximum Gasteiger partial charge on any atom is 0.0696 e. The molecule has 0 aliphatic rings. The average molecular weight is 346 g/mol. The highest BCUT2D eigenvalue weighted by Gasteiger charge is 2.18. The van der Waals surface area contributed by atoms with E-state index in [0.717, 1.165) is 17.4 Å². The van der Waals surface area contributed by atoms with Crippen LogP contribution >= 0.6 is 15.9 Å². The molecule has 1 aromatic heterocycles.